The van der Waals surface area contributed by atoms with Crippen LogP contribution in [0.2, 0.25) is 0 Å². The zero-order valence-corrected chi connectivity index (χ0v) is 15.7. The Morgan fingerprint density at radius 3 is 2.67 bits per heavy atom. The Morgan fingerprint density at radius 1 is 1.15 bits per heavy atom. The molecule has 142 valence electrons. The van der Waals surface area contributed by atoms with E-state index in [1.807, 2.05) is 35.5 Å². The number of nitrogens with zero attached hydrogens (tertiary/aromatic N) is 3. The summed E-state index contributed by atoms with van der Waals surface area (Å²) in [5.74, 6) is 0.882. The van der Waals surface area contributed by atoms with Gasteiger partial charge in [0, 0.05) is 44.3 Å². The van der Waals surface area contributed by atoms with Gasteiger partial charge in [0.25, 0.3) is 0 Å². The summed E-state index contributed by atoms with van der Waals surface area (Å²) < 4.78 is 5.33. The topological polar surface area (TPSA) is 57.7 Å². The molecule has 1 saturated heterocycles. The molecule has 1 atom stereocenters. The number of hydrogen-bond acceptors (Lipinski definition) is 4. The molecular formula is C21H26N4O2. The number of fused-ring (bicyclic) bond motifs is 1. The molecular weight excluding hydrogens is 340 g/mol. The highest BCUT2D eigenvalue weighted by Crippen LogP contribution is 2.32. The van der Waals surface area contributed by atoms with Crippen LogP contribution in [-0.2, 0) is 6.42 Å². The van der Waals surface area contributed by atoms with Crippen molar-refractivity contribution in [2.24, 2.45) is 0 Å². The number of aryl methyl sites for hydroxylation is 1. The average molecular weight is 366 g/mol. The molecule has 2 heterocycles. The van der Waals surface area contributed by atoms with E-state index in [-0.39, 0.29) is 12.1 Å². The normalized spacial score (nSPS) is 19.4. The van der Waals surface area contributed by atoms with Crippen LogP contribution in [-0.4, -0.2) is 49.2 Å². The van der Waals surface area contributed by atoms with Gasteiger partial charge in [0.05, 0.1) is 13.2 Å². The van der Waals surface area contributed by atoms with E-state index < -0.39 is 0 Å². The Balaban J connectivity index is 1.37. The van der Waals surface area contributed by atoms with Gasteiger partial charge >= 0.3 is 6.03 Å². The number of aromatic nitrogens is 1. The number of piperazine rings is 1. The predicted octanol–water partition coefficient (Wildman–Crippen LogP) is 3.00. The Labute approximate surface area is 160 Å². The van der Waals surface area contributed by atoms with Gasteiger partial charge in [-0.2, -0.15) is 0 Å². The lowest BCUT2D eigenvalue weighted by Crippen LogP contribution is -2.52. The van der Waals surface area contributed by atoms with Crippen molar-refractivity contribution in [1.29, 1.82) is 0 Å². The molecule has 1 aliphatic carbocycles. The number of pyridine rings is 1. The molecule has 1 aromatic heterocycles. The fourth-order valence-electron chi connectivity index (χ4n) is 4.03. The summed E-state index contributed by atoms with van der Waals surface area (Å²) in [5, 5.41) is 3.25. The second-order valence-electron chi connectivity index (χ2n) is 7.14. The van der Waals surface area contributed by atoms with E-state index in [0.717, 1.165) is 51.2 Å². The first-order valence-electron chi connectivity index (χ1n) is 9.62. The van der Waals surface area contributed by atoms with Crippen LogP contribution >= 0.6 is 0 Å². The van der Waals surface area contributed by atoms with Crippen molar-refractivity contribution < 1.29 is 9.53 Å². The van der Waals surface area contributed by atoms with Crippen molar-refractivity contribution in [2.75, 3.05) is 38.2 Å². The minimum Gasteiger partial charge on any atom is -0.497 e. The molecule has 1 N–H and O–H groups in total. The van der Waals surface area contributed by atoms with Gasteiger partial charge in [-0.05, 0) is 54.7 Å². The lowest BCUT2D eigenvalue weighted by molar-refractivity contribution is 0.189. The zero-order valence-electron chi connectivity index (χ0n) is 15.7. The van der Waals surface area contributed by atoms with Crippen molar-refractivity contribution in [1.82, 2.24) is 15.2 Å². The number of carbonyl (C=O) groups is 1. The second-order valence-corrected chi connectivity index (χ2v) is 7.14. The van der Waals surface area contributed by atoms with E-state index in [0.29, 0.717) is 0 Å². The highest BCUT2D eigenvalue weighted by atomic mass is 16.5. The van der Waals surface area contributed by atoms with Crippen molar-refractivity contribution in [2.45, 2.75) is 25.3 Å². The number of ether oxygens (including phenoxy) is 1. The average Bonchev–Trinajstić information content (AvgIpc) is 2.74. The van der Waals surface area contributed by atoms with Gasteiger partial charge in [0.1, 0.15) is 5.75 Å². The number of carbonyl (C=O) groups excluding carboxylic acids is 1. The minimum atomic E-state index is 0.0399. The largest absolute Gasteiger partial charge is 0.497 e. The molecule has 4 rings (SSSR count). The first-order valence-corrected chi connectivity index (χ1v) is 9.62. The van der Waals surface area contributed by atoms with Crippen LogP contribution in [0.1, 0.15) is 30.0 Å². The Hall–Kier alpha value is -2.76. The van der Waals surface area contributed by atoms with Crippen molar-refractivity contribution in [3.8, 4) is 5.75 Å². The van der Waals surface area contributed by atoms with E-state index in [9.17, 15) is 4.79 Å². The van der Waals surface area contributed by atoms with E-state index >= 15 is 0 Å². The molecule has 2 aliphatic rings. The number of benzene rings is 1. The maximum absolute atomic E-state index is 12.8. The monoisotopic (exact) mass is 366 g/mol. The molecule has 0 radical (unpaired) electrons. The zero-order chi connectivity index (χ0) is 18.6. The summed E-state index contributed by atoms with van der Waals surface area (Å²) in [4.78, 5) is 21.1. The van der Waals surface area contributed by atoms with Gasteiger partial charge in [-0.3, -0.25) is 4.98 Å². The molecule has 27 heavy (non-hydrogen) atoms. The van der Waals surface area contributed by atoms with E-state index in [2.05, 4.69) is 27.3 Å². The molecule has 0 saturated carbocycles. The third-order valence-corrected chi connectivity index (χ3v) is 5.56. The van der Waals surface area contributed by atoms with Crippen LogP contribution in [0.4, 0.5) is 10.5 Å². The lowest BCUT2D eigenvalue weighted by Gasteiger charge is -2.37. The Kier molecular flexibility index (Phi) is 5.14. The van der Waals surface area contributed by atoms with Crippen molar-refractivity contribution in [3.05, 3.63) is 53.9 Å². The highest BCUT2D eigenvalue weighted by Gasteiger charge is 2.26. The predicted molar refractivity (Wildman–Crippen MR) is 105 cm³/mol. The molecule has 2 aromatic rings. The van der Waals surface area contributed by atoms with Crippen LogP contribution in [0, 0.1) is 0 Å². The van der Waals surface area contributed by atoms with Gasteiger partial charge < -0.3 is 19.9 Å². The molecule has 1 aromatic carbocycles. The number of nitrogens with one attached hydrogen (secondary N) is 1. The summed E-state index contributed by atoms with van der Waals surface area (Å²) in [6.07, 6.45) is 6.74. The second kappa shape index (κ2) is 7.86. The molecule has 2 amide bonds. The molecule has 1 fully saturated rings. The number of rotatable bonds is 3. The molecule has 6 heteroatoms. The molecule has 0 unspecified atom stereocenters. The number of methoxy groups -OCH3 is 1. The number of amides is 2. The third-order valence-electron chi connectivity index (χ3n) is 5.56. The molecule has 6 nitrogen and oxygen atoms in total. The summed E-state index contributed by atoms with van der Waals surface area (Å²) in [6.45, 7) is 3.15. The molecule has 0 spiro atoms. The fourth-order valence-corrected chi connectivity index (χ4v) is 4.03. The number of urea groups is 1. The standard InChI is InChI=1S/C21H26N4O2/c1-27-18-5-6-19-16(15-18)3-2-4-20(19)23-21(26)25-13-11-24(12-14-25)17-7-9-22-10-8-17/h5-10,15,20H,2-4,11-14H2,1H3,(H,23,26)/t20-/m1/s1. The van der Waals surface area contributed by atoms with Crippen LogP contribution in [0.3, 0.4) is 0 Å². The van der Waals surface area contributed by atoms with Crippen molar-refractivity contribution in [3.63, 3.8) is 0 Å². The SMILES string of the molecule is COc1ccc2c(c1)CCC[C@H]2NC(=O)N1CCN(c2ccncc2)CC1. The molecule has 1 aliphatic heterocycles. The molecule has 0 bridgehead atoms. The van der Waals surface area contributed by atoms with Gasteiger partial charge in [0.2, 0.25) is 0 Å². The van der Waals surface area contributed by atoms with Gasteiger partial charge in [-0.1, -0.05) is 6.07 Å². The fraction of sp³-hybridized carbons (Fsp3) is 0.429. The first kappa shape index (κ1) is 17.6. The van der Waals surface area contributed by atoms with E-state index in [4.69, 9.17) is 4.74 Å². The summed E-state index contributed by atoms with van der Waals surface area (Å²) in [7, 11) is 1.69. The maximum atomic E-state index is 12.8. The van der Waals surface area contributed by atoms with E-state index in [1.54, 1.807) is 7.11 Å². The maximum Gasteiger partial charge on any atom is 0.318 e. The highest BCUT2D eigenvalue weighted by molar-refractivity contribution is 5.75. The minimum absolute atomic E-state index is 0.0399. The van der Waals surface area contributed by atoms with E-state index in [1.165, 1.54) is 16.8 Å². The van der Waals surface area contributed by atoms with Crippen LogP contribution < -0.4 is 15.0 Å². The van der Waals surface area contributed by atoms with Crippen LogP contribution in [0.5, 0.6) is 5.75 Å². The quantitative estimate of drug-likeness (QED) is 0.907. The lowest BCUT2D eigenvalue weighted by atomic mass is 9.87. The summed E-state index contributed by atoms with van der Waals surface area (Å²) in [5.41, 5.74) is 3.68. The third kappa shape index (κ3) is 3.84. The number of anilines is 1. The Bertz CT molecular complexity index is 788. The number of hydrogen-bond donors (Lipinski definition) is 1. The van der Waals surface area contributed by atoms with Gasteiger partial charge in [-0.15, -0.1) is 0 Å². The summed E-state index contributed by atoms with van der Waals surface area (Å²) >= 11 is 0. The van der Waals surface area contributed by atoms with Gasteiger partial charge in [-0.25, -0.2) is 4.79 Å². The first-order chi connectivity index (χ1) is 13.2. The van der Waals surface area contributed by atoms with Crippen LogP contribution in [0.15, 0.2) is 42.7 Å². The van der Waals surface area contributed by atoms with Crippen molar-refractivity contribution >= 4 is 11.7 Å². The smallest absolute Gasteiger partial charge is 0.318 e. The summed E-state index contributed by atoms with van der Waals surface area (Å²) in [6, 6.07) is 10.3. The van der Waals surface area contributed by atoms with Gasteiger partial charge in [0.15, 0.2) is 0 Å². The van der Waals surface area contributed by atoms with Crippen LogP contribution in [0.25, 0.3) is 0 Å². The Morgan fingerprint density at radius 2 is 1.93 bits per heavy atom.